The highest BCUT2D eigenvalue weighted by Crippen LogP contribution is 2.22. The molecule has 2 unspecified atom stereocenters. The summed E-state index contributed by atoms with van der Waals surface area (Å²) in [7, 11) is 0. The van der Waals surface area contributed by atoms with E-state index in [4.69, 9.17) is 4.74 Å². The first-order valence-corrected chi connectivity index (χ1v) is 7.57. The van der Waals surface area contributed by atoms with Gasteiger partial charge in [0.1, 0.15) is 18.5 Å². The fourth-order valence-electron chi connectivity index (χ4n) is 2.19. The van der Waals surface area contributed by atoms with Crippen molar-refractivity contribution in [3.8, 4) is 5.75 Å². The highest BCUT2D eigenvalue weighted by molar-refractivity contribution is 5.29. The molecule has 0 bridgehead atoms. The summed E-state index contributed by atoms with van der Waals surface area (Å²) in [6, 6.07) is 16.0. The summed E-state index contributed by atoms with van der Waals surface area (Å²) in [4.78, 5) is 0. The highest BCUT2D eigenvalue weighted by atomic mass is 16.5. The van der Waals surface area contributed by atoms with E-state index in [0.717, 1.165) is 17.7 Å². The van der Waals surface area contributed by atoms with Crippen molar-refractivity contribution in [3.63, 3.8) is 0 Å². The molecule has 0 aliphatic carbocycles. The van der Waals surface area contributed by atoms with Crippen molar-refractivity contribution < 1.29 is 9.84 Å². The van der Waals surface area contributed by atoms with Gasteiger partial charge in [0.25, 0.3) is 0 Å². The number of hydrogen-bond acceptors (Lipinski definition) is 2. The van der Waals surface area contributed by atoms with Gasteiger partial charge in [-0.1, -0.05) is 55.8 Å². The van der Waals surface area contributed by atoms with Gasteiger partial charge in [-0.3, -0.25) is 0 Å². The van der Waals surface area contributed by atoms with Crippen LogP contribution in [-0.4, -0.2) is 11.7 Å². The molecule has 0 saturated carbocycles. The molecule has 112 valence electrons. The summed E-state index contributed by atoms with van der Waals surface area (Å²) in [6.07, 6.45) is 0.534. The summed E-state index contributed by atoms with van der Waals surface area (Å²) >= 11 is 0. The maximum Gasteiger partial charge on any atom is 0.119 e. The average Bonchev–Trinajstić information content (AvgIpc) is 2.53. The Hall–Kier alpha value is -1.80. The lowest BCUT2D eigenvalue weighted by atomic mass is 9.99. The lowest BCUT2D eigenvalue weighted by molar-refractivity contribution is 0.108. The molecular formula is C19H24O2. The van der Waals surface area contributed by atoms with E-state index in [1.165, 1.54) is 11.1 Å². The SMILES string of the molecule is CCC(C)c1ccc(OCC(O)c2ccc(C)cc2)cc1. The Bertz CT molecular complexity index is 543. The number of aliphatic hydroxyl groups excluding tert-OH is 1. The second-order valence-corrected chi connectivity index (χ2v) is 5.62. The Kier molecular flexibility index (Phi) is 5.40. The molecule has 0 radical (unpaired) electrons. The number of benzene rings is 2. The van der Waals surface area contributed by atoms with Crippen LogP contribution < -0.4 is 4.74 Å². The highest BCUT2D eigenvalue weighted by Gasteiger charge is 2.08. The number of hydrogen-bond donors (Lipinski definition) is 1. The van der Waals surface area contributed by atoms with E-state index < -0.39 is 6.10 Å². The molecule has 0 aromatic heterocycles. The molecule has 2 rings (SSSR count). The predicted octanol–water partition coefficient (Wildman–Crippen LogP) is 4.62. The first kappa shape index (κ1) is 15.6. The third-order valence-corrected chi connectivity index (χ3v) is 3.93. The van der Waals surface area contributed by atoms with Crippen molar-refractivity contribution >= 4 is 0 Å². The minimum absolute atomic E-state index is 0.270. The van der Waals surface area contributed by atoms with Crippen LogP contribution in [0.15, 0.2) is 48.5 Å². The van der Waals surface area contributed by atoms with Crippen molar-refractivity contribution in [1.29, 1.82) is 0 Å². The van der Waals surface area contributed by atoms with Gasteiger partial charge in [0, 0.05) is 0 Å². The fourth-order valence-corrected chi connectivity index (χ4v) is 2.19. The lowest BCUT2D eigenvalue weighted by Crippen LogP contribution is -2.09. The Balaban J connectivity index is 1.92. The topological polar surface area (TPSA) is 29.5 Å². The van der Waals surface area contributed by atoms with Gasteiger partial charge >= 0.3 is 0 Å². The van der Waals surface area contributed by atoms with Crippen molar-refractivity contribution in [1.82, 2.24) is 0 Å². The zero-order valence-electron chi connectivity index (χ0n) is 13.0. The van der Waals surface area contributed by atoms with Crippen LogP contribution in [0.4, 0.5) is 0 Å². The maximum atomic E-state index is 10.1. The zero-order chi connectivity index (χ0) is 15.2. The van der Waals surface area contributed by atoms with Gasteiger partial charge in [0.05, 0.1) is 0 Å². The average molecular weight is 284 g/mol. The Morgan fingerprint density at radius 3 is 2.10 bits per heavy atom. The molecule has 2 aromatic carbocycles. The Labute approximate surface area is 127 Å². The van der Waals surface area contributed by atoms with Gasteiger partial charge in [-0.15, -0.1) is 0 Å². The van der Waals surface area contributed by atoms with Crippen molar-refractivity contribution in [2.24, 2.45) is 0 Å². The maximum absolute atomic E-state index is 10.1. The van der Waals surface area contributed by atoms with Gasteiger partial charge in [-0.25, -0.2) is 0 Å². The molecule has 21 heavy (non-hydrogen) atoms. The van der Waals surface area contributed by atoms with Gasteiger partial charge in [0.15, 0.2) is 0 Å². The largest absolute Gasteiger partial charge is 0.491 e. The van der Waals surface area contributed by atoms with E-state index in [0.29, 0.717) is 5.92 Å². The van der Waals surface area contributed by atoms with E-state index in [9.17, 15) is 5.11 Å². The Morgan fingerprint density at radius 1 is 0.952 bits per heavy atom. The van der Waals surface area contributed by atoms with Gasteiger partial charge in [-0.05, 0) is 42.5 Å². The first-order chi connectivity index (χ1) is 10.1. The summed E-state index contributed by atoms with van der Waals surface area (Å²) in [5, 5.41) is 10.1. The van der Waals surface area contributed by atoms with Crippen LogP contribution >= 0.6 is 0 Å². The molecule has 0 amide bonds. The minimum Gasteiger partial charge on any atom is -0.491 e. The third kappa shape index (κ3) is 4.33. The van der Waals surface area contributed by atoms with Crippen LogP contribution in [0.3, 0.4) is 0 Å². The van der Waals surface area contributed by atoms with Crippen LogP contribution in [0.1, 0.15) is 49.0 Å². The summed E-state index contributed by atoms with van der Waals surface area (Å²) < 4.78 is 5.67. The van der Waals surface area contributed by atoms with E-state index in [2.05, 4.69) is 26.0 Å². The molecule has 1 N–H and O–H groups in total. The molecular weight excluding hydrogens is 260 g/mol. The molecule has 0 spiro atoms. The van der Waals surface area contributed by atoms with Crippen LogP contribution in [0.5, 0.6) is 5.75 Å². The Morgan fingerprint density at radius 2 is 1.52 bits per heavy atom. The van der Waals surface area contributed by atoms with Crippen molar-refractivity contribution in [2.45, 2.75) is 39.2 Å². The molecule has 2 heteroatoms. The third-order valence-electron chi connectivity index (χ3n) is 3.93. The second kappa shape index (κ2) is 7.28. The van der Waals surface area contributed by atoms with Gasteiger partial charge < -0.3 is 9.84 Å². The van der Waals surface area contributed by atoms with E-state index in [-0.39, 0.29) is 6.61 Å². The number of aryl methyl sites for hydroxylation is 1. The molecule has 2 aromatic rings. The van der Waals surface area contributed by atoms with Gasteiger partial charge in [-0.2, -0.15) is 0 Å². The zero-order valence-corrected chi connectivity index (χ0v) is 13.0. The predicted molar refractivity (Wildman–Crippen MR) is 86.8 cm³/mol. The number of rotatable bonds is 6. The van der Waals surface area contributed by atoms with Crippen molar-refractivity contribution in [2.75, 3.05) is 6.61 Å². The summed E-state index contributed by atoms with van der Waals surface area (Å²) in [5.41, 5.74) is 3.40. The quantitative estimate of drug-likeness (QED) is 0.838. The second-order valence-electron chi connectivity index (χ2n) is 5.62. The van der Waals surface area contributed by atoms with Crippen LogP contribution in [0, 0.1) is 6.92 Å². The molecule has 0 aliphatic heterocycles. The van der Waals surface area contributed by atoms with Crippen LogP contribution in [-0.2, 0) is 0 Å². The van der Waals surface area contributed by atoms with Crippen LogP contribution in [0.25, 0.3) is 0 Å². The van der Waals surface area contributed by atoms with E-state index >= 15 is 0 Å². The molecule has 0 heterocycles. The van der Waals surface area contributed by atoms with Crippen molar-refractivity contribution in [3.05, 3.63) is 65.2 Å². The monoisotopic (exact) mass is 284 g/mol. The normalized spacial score (nSPS) is 13.7. The molecule has 0 fully saturated rings. The van der Waals surface area contributed by atoms with E-state index in [1.807, 2.05) is 43.3 Å². The molecule has 2 atom stereocenters. The fraction of sp³-hybridized carbons (Fsp3) is 0.368. The van der Waals surface area contributed by atoms with E-state index in [1.54, 1.807) is 0 Å². The minimum atomic E-state index is -0.597. The standard InChI is InChI=1S/C19H24O2/c1-4-15(3)16-9-11-18(12-10-16)21-13-19(20)17-7-5-14(2)6-8-17/h5-12,15,19-20H,4,13H2,1-3H3. The van der Waals surface area contributed by atoms with Crippen LogP contribution in [0.2, 0.25) is 0 Å². The first-order valence-electron chi connectivity index (χ1n) is 7.57. The molecule has 2 nitrogen and oxygen atoms in total. The summed E-state index contributed by atoms with van der Waals surface area (Å²) in [6.45, 7) is 6.71. The number of aliphatic hydroxyl groups is 1. The molecule has 0 saturated heterocycles. The molecule has 0 aliphatic rings. The van der Waals surface area contributed by atoms with Gasteiger partial charge in [0.2, 0.25) is 0 Å². The number of ether oxygens (including phenoxy) is 1. The lowest BCUT2D eigenvalue weighted by Gasteiger charge is -2.14. The smallest absolute Gasteiger partial charge is 0.119 e. The summed E-state index contributed by atoms with van der Waals surface area (Å²) in [5.74, 6) is 1.37.